The summed E-state index contributed by atoms with van der Waals surface area (Å²) in [5, 5.41) is 12.2. The first-order chi connectivity index (χ1) is 13.3. The summed E-state index contributed by atoms with van der Waals surface area (Å²) < 4.78 is 23.2. The molecule has 0 aliphatic carbocycles. The molecular weight excluding hydrogens is 376 g/mol. The van der Waals surface area contributed by atoms with Crippen LogP contribution in [0.3, 0.4) is 0 Å². The van der Waals surface area contributed by atoms with Crippen LogP contribution in [0.1, 0.15) is 11.1 Å². The number of hydrogen-bond donors (Lipinski definition) is 2. The lowest BCUT2D eigenvalue weighted by atomic mass is 10.1. The van der Waals surface area contributed by atoms with E-state index in [0.717, 1.165) is 22.5 Å². The number of benzene rings is 2. The molecule has 0 unspecified atom stereocenters. The number of aryl methyl sites for hydroxylation is 2. The van der Waals surface area contributed by atoms with Crippen LogP contribution in [0.15, 0.2) is 59.9 Å². The second-order valence-electron chi connectivity index (χ2n) is 6.55. The maximum Gasteiger partial charge on any atom is 0.238 e. The quantitative estimate of drug-likeness (QED) is 0.549. The van der Waals surface area contributed by atoms with Gasteiger partial charge in [0.25, 0.3) is 0 Å². The molecule has 8 nitrogen and oxygen atoms in total. The monoisotopic (exact) mass is 394 g/mol. The summed E-state index contributed by atoms with van der Waals surface area (Å²) >= 11 is 0. The number of anilines is 3. The number of primary sulfonamides is 1. The fourth-order valence-electron chi connectivity index (χ4n) is 3.18. The van der Waals surface area contributed by atoms with Gasteiger partial charge in [0.05, 0.1) is 11.1 Å². The number of aromatic amines is 1. The third kappa shape index (κ3) is 3.32. The predicted octanol–water partition coefficient (Wildman–Crippen LogP) is 3.09. The number of aromatic nitrogens is 4. The molecule has 0 saturated heterocycles. The van der Waals surface area contributed by atoms with Gasteiger partial charge in [-0.1, -0.05) is 6.07 Å². The number of H-pyrrole nitrogens is 1. The molecular formula is C19H18N6O2S. The second-order valence-corrected chi connectivity index (χ2v) is 8.11. The van der Waals surface area contributed by atoms with Crippen molar-refractivity contribution >= 4 is 38.2 Å². The van der Waals surface area contributed by atoms with Crippen LogP contribution in [0.25, 0.3) is 11.0 Å². The molecule has 0 aliphatic heterocycles. The number of nitrogens with zero attached hydrogens (tertiary/aromatic N) is 4. The van der Waals surface area contributed by atoms with Crippen molar-refractivity contribution in [1.82, 2.24) is 20.2 Å². The van der Waals surface area contributed by atoms with E-state index in [0.29, 0.717) is 16.9 Å². The van der Waals surface area contributed by atoms with Crippen LogP contribution < -0.4 is 10.0 Å². The van der Waals surface area contributed by atoms with Gasteiger partial charge in [-0.05, 0) is 61.4 Å². The molecule has 4 aromatic rings. The van der Waals surface area contributed by atoms with Crippen molar-refractivity contribution in [1.29, 1.82) is 0 Å². The molecule has 142 valence electrons. The molecule has 0 fully saturated rings. The van der Waals surface area contributed by atoms with Crippen LogP contribution in [0.2, 0.25) is 0 Å². The summed E-state index contributed by atoms with van der Waals surface area (Å²) in [6, 6.07) is 12.5. The Hall–Kier alpha value is -3.30. The van der Waals surface area contributed by atoms with Gasteiger partial charge in [-0.25, -0.2) is 23.5 Å². The Labute approximate surface area is 162 Å². The summed E-state index contributed by atoms with van der Waals surface area (Å²) in [4.78, 5) is 10.7. The van der Waals surface area contributed by atoms with Crippen molar-refractivity contribution in [3.05, 3.63) is 66.1 Å². The molecule has 28 heavy (non-hydrogen) atoms. The number of rotatable bonds is 4. The minimum Gasteiger partial charge on any atom is -0.293 e. The van der Waals surface area contributed by atoms with Crippen LogP contribution in [0.4, 0.5) is 17.2 Å². The fraction of sp³-hybridized carbons (Fsp3) is 0.105. The second kappa shape index (κ2) is 6.70. The number of fused-ring (bicyclic) bond motifs is 1. The molecule has 9 heteroatoms. The maximum atomic E-state index is 11.6. The largest absolute Gasteiger partial charge is 0.293 e. The maximum absolute atomic E-state index is 11.6. The van der Waals surface area contributed by atoms with Crippen molar-refractivity contribution in [2.45, 2.75) is 18.7 Å². The third-order valence-electron chi connectivity index (χ3n) is 4.32. The summed E-state index contributed by atoms with van der Waals surface area (Å²) in [7, 11) is -3.77. The topological polar surface area (TPSA) is 118 Å². The van der Waals surface area contributed by atoms with Crippen LogP contribution in [-0.4, -0.2) is 28.6 Å². The first-order valence-corrected chi connectivity index (χ1v) is 10.0. The predicted molar refractivity (Wildman–Crippen MR) is 107 cm³/mol. The van der Waals surface area contributed by atoms with Crippen LogP contribution >= 0.6 is 0 Å². The summed E-state index contributed by atoms with van der Waals surface area (Å²) in [5.74, 6) is 0.607. The van der Waals surface area contributed by atoms with Crippen molar-refractivity contribution in [2.24, 2.45) is 5.14 Å². The number of sulfonamides is 1. The molecule has 0 saturated carbocycles. The van der Waals surface area contributed by atoms with Gasteiger partial charge in [-0.3, -0.25) is 10.00 Å². The molecule has 2 aromatic carbocycles. The van der Waals surface area contributed by atoms with Crippen molar-refractivity contribution in [3.8, 4) is 0 Å². The highest BCUT2D eigenvalue weighted by molar-refractivity contribution is 7.89. The van der Waals surface area contributed by atoms with Gasteiger partial charge in [0, 0.05) is 11.4 Å². The number of nitrogens with one attached hydrogen (secondary N) is 1. The van der Waals surface area contributed by atoms with E-state index in [1.165, 1.54) is 18.5 Å². The van der Waals surface area contributed by atoms with Crippen molar-refractivity contribution < 1.29 is 8.42 Å². The lowest BCUT2D eigenvalue weighted by molar-refractivity contribution is 0.598. The average molecular weight is 394 g/mol. The van der Waals surface area contributed by atoms with Crippen molar-refractivity contribution in [3.63, 3.8) is 0 Å². The van der Waals surface area contributed by atoms with Crippen LogP contribution in [-0.2, 0) is 10.0 Å². The Kier molecular flexibility index (Phi) is 4.33. The number of nitrogens with two attached hydrogens (primary N) is 1. The molecule has 0 aliphatic rings. The highest BCUT2D eigenvalue weighted by Gasteiger charge is 2.19. The lowest BCUT2D eigenvalue weighted by Crippen LogP contribution is -2.15. The number of hydrogen-bond acceptors (Lipinski definition) is 6. The van der Waals surface area contributed by atoms with E-state index in [-0.39, 0.29) is 4.90 Å². The first kappa shape index (κ1) is 18.1. The normalized spacial score (nSPS) is 11.7. The SMILES string of the molecule is Cc1cc(C)cc(N(c2ccc(S(N)(=O)=O)cc2)c2ncnc3cn[nH]c23)c1. The van der Waals surface area contributed by atoms with Crippen LogP contribution in [0, 0.1) is 13.8 Å². The lowest BCUT2D eigenvalue weighted by Gasteiger charge is -2.25. The Morgan fingerprint density at radius 1 is 0.964 bits per heavy atom. The minimum absolute atomic E-state index is 0.0472. The average Bonchev–Trinajstić information content (AvgIpc) is 3.10. The smallest absolute Gasteiger partial charge is 0.238 e. The molecule has 3 N–H and O–H groups in total. The third-order valence-corrected chi connectivity index (χ3v) is 5.25. The Bertz CT molecular complexity index is 1250. The van der Waals surface area contributed by atoms with E-state index >= 15 is 0 Å². The molecule has 0 spiro atoms. The Balaban J connectivity index is 1.95. The van der Waals surface area contributed by atoms with Gasteiger partial charge < -0.3 is 0 Å². The first-order valence-electron chi connectivity index (χ1n) is 8.48. The summed E-state index contributed by atoms with van der Waals surface area (Å²) in [5.41, 5.74) is 5.16. The molecule has 0 radical (unpaired) electrons. The zero-order chi connectivity index (χ0) is 19.9. The molecule has 4 rings (SSSR count). The molecule has 0 amide bonds. The zero-order valence-corrected chi connectivity index (χ0v) is 16.1. The standard InChI is InChI=1S/C19H18N6O2S/c1-12-7-13(2)9-15(8-12)25(14-3-5-16(6-4-14)28(20,26)27)19-18-17(10-23-24-18)21-11-22-19/h3-11H,1-2H3,(H,23,24)(H2,20,26,27). The Morgan fingerprint density at radius 3 is 2.29 bits per heavy atom. The van der Waals surface area contributed by atoms with Gasteiger partial charge in [0.2, 0.25) is 10.0 Å². The summed E-state index contributed by atoms with van der Waals surface area (Å²) in [6.45, 7) is 4.04. The van der Waals surface area contributed by atoms with Gasteiger partial charge in [-0.15, -0.1) is 0 Å². The highest BCUT2D eigenvalue weighted by Crippen LogP contribution is 2.37. The van der Waals surface area contributed by atoms with Gasteiger partial charge in [0.1, 0.15) is 17.4 Å². The zero-order valence-electron chi connectivity index (χ0n) is 15.3. The summed E-state index contributed by atoms with van der Waals surface area (Å²) in [6.07, 6.45) is 3.10. The fourth-order valence-corrected chi connectivity index (χ4v) is 3.70. The van der Waals surface area contributed by atoms with E-state index < -0.39 is 10.0 Å². The molecule has 2 heterocycles. The highest BCUT2D eigenvalue weighted by atomic mass is 32.2. The minimum atomic E-state index is -3.77. The van der Waals surface area contributed by atoms with Gasteiger partial charge >= 0.3 is 0 Å². The van der Waals surface area contributed by atoms with Crippen LogP contribution in [0.5, 0.6) is 0 Å². The molecule has 2 aromatic heterocycles. The van der Waals surface area contributed by atoms with Crippen molar-refractivity contribution in [2.75, 3.05) is 4.90 Å². The van der Waals surface area contributed by atoms with E-state index in [2.05, 4.69) is 26.2 Å². The van der Waals surface area contributed by atoms with E-state index in [1.54, 1.807) is 18.3 Å². The Morgan fingerprint density at radius 2 is 1.64 bits per heavy atom. The molecule has 0 atom stereocenters. The van der Waals surface area contributed by atoms with E-state index in [1.807, 2.05) is 30.9 Å². The van der Waals surface area contributed by atoms with E-state index in [9.17, 15) is 8.42 Å². The van der Waals surface area contributed by atoms with Gasteiger partial charge in [-0.2, -0.15) is 5.10 Å². The van der Waals surface area contributed by atoms with Gasteiger partial charge in [0.15, 0.2) is 5.82 Å². The molecule has 0 bridgehead atoms. The van der Waals surface area contributed by atoms with E-state index in [4.69, 9.17) is 5.14 Å².